The number of benzene rings is 2. The summed E-state index contributed by atoms with van der Waals surface area (Å²) in [5.41, 5.74) is 9.16. The number of aromatic nitrogens is 2. The highest BCUT2D eigenvalue weighted by Crippen LogP contribution is 2.26. The van der Waals surface area contributed by atoms with Gasteiger partial charge in [-0.15, -0.1) is 15.2 Å². The Hall–Kier alpha value is -4.89. The number of ether oxygens (including phenoxy) is 2. The molecule has 16 heteroatoms. The molecule has 1 heterocycles. The number of halogens is 1. The van der Waals surface area contributed by atoms with Crippen LogP contribution in [0.25, 0.3) is 11.1 Å². The molecule has 0 fully saturated rings. The number of hydrazone groups is 1. The first-order valence-electron chi connectivity index (χ1n) is 13.2. The Morgan fingerprint density at radius 2 is 1.86 bits per heavy atom. The molecular formula is C27H32ClN7O8. The van der Waals surface area contributed by atoms with E-state index in [-0.39, 0.29) is 42.9 Å². The van der Waals surface area contributed by atoms with Crippen LogP contribution in [-0.4, -0.2) is 62.8 Å². The summed E-state index contributed by atoms with van der Waals surface area (Å²) in [5.74, 6) is 5.34. The highest BCUT2D eigenvalue weighted by molar-refractivity contribution is 6.32. The van der Waals surface area contributed by atoms with Gasteiger partial charge in [-0.05, 0) is 23.1 Å². The predicted molar refractivity (Wildman–Crippen MR) is 155 cm³/mol. The van der Waals surface area contributed by atoms with Gasteiger partial charge in [-0.1, -0.05) is 73.5 Å². The zero-order valence-electron chi connectivity index (χ0n) is 23.3. The van der Waals surface area contributed by atoms with Crippen molar-refractivity contribution in [1.82, 2.24) is 14.7 Å². The first-order valence-corrected chi connectivity index (χ1v) is 13.6. The van der Waals surface area contributed by atoms with Gasteiger partial charge in [0.25, 0.3) is 5.09 Å². The van der Waals surface area contributed by atoms with Gasteiger partial charge >= 0.3 is 12.1 Å². The number of hydrazine groups is 1. The summed E-state index contributed by atoms with van der Waals surface area (Å²) in [4.78, 5) is 42.0. The number of nitrogens with two attached hydrogens (primary N) is 2. The molecule has 0 unspecified atom stereocenters. The van der Waals surface area contributed by atoms with E-state index in [0.717, 1.165) is 34.6 Å². The summed E-state index contributed by atoms with van der Waals surface area (Å²) in [6.07, 6.45) is 1.45. The molecule has 1 aromatic heterocycles. The third kappa shape index (κ3) is 9.58. The van der Waals surface area contributed by atoms with Crippen molar-refractivity contribution in [3.8, 4) is 11.1 Å². The number of hydrogen-bond acceptors (Lipinski definition) is 11. The van der Waals surface area contributed by atoms with E-state index >= 15 is 0 Å². The van der Waals surface area contributed by atoms with Gasteiger partial charge in [0.05, 0.1) is 13.2 Å². The second-order valence-corrected chi connectivity index (χ2v) is 9.47. The number of amidine groups is 1. The Kier molecular flexibility index (Phi) is 12.1. The zero-order chi connectivity index (χ0) is 31.4. The second-order valence-electron chi connectivity index (χ2n) is 9.11. The smallest absolute Gasteiger partial charge is 0.476 e. The minimum atomic E-state index is -1.14. The molecule has 2 aromatic carbocycles. The molecule has 5 N–H and O–H groups in total. The van der Waals surface area contributed by atoms with Gasteiger partial charge in [-0.2, -0.15) is 5.12 Å². The van der Waals surface area contributed by atoms with Gasteiger partial charge in [0.1, 0.15) is 5.82 Å². The molecule has 15 nitrogen and oxygen atoms in total. The van der Waals surface area contributed by atoms with E-state index in [9.17, 15) is 24.8 Å². The summed E-state index contributed by atoms with van der Waals surface area (Å²) in [6, 6.07) is 14.7. The quantitative estimate of drug-likeness (QED) is 0.0306. The standard InChI is InChI=1S/C27H32ClN7O8/c1-2-3-9-22-31-24(28)23(26(36)37)33(22)16-18-10-12-19(13-11-18)20-7-4-5-8-21(20)25(29)32-34(30)17-42-27(38)41-14-6-15-43-35(39)40/h4-5,7-8,10-13H,2-3,6,9,14-17,30H2,1H3,(H2,29,32)(H,36,37). The molecule has 0 spiro atoms. The topological polar surface area (TPSA) is 211 Å². The van der Waals surface area contributed by atoms with E-state index in [1.807, 2.05) is 43.3 Å². The normalized spacial score (nSPS) is 11.2. The number of imidazole rings is 1. The van der Waals surface area contributed by atoms with Crippen molar-refractivity contribution in [3.05, 3.63) is 86.4 Å². The monoisotopic (exact) mass is 617 g/mol. The second kappa shape index (κ2) is 15.9. The fourth-order valence-corrected chi connectivity index (χ4v) is 4.31. The van der Waals surface area contributed by atoms with Gasteiger partial charge in [0.2, 0.25) is 0 Å². The summed E-state index contributed by atoms with van der Waals surface area (Å²) < 4.78 is 11.2. The largest absolute Gasteiger partial charge is 0.510 e. The fraction of sp³-hybridized carbons (Fsp3) is 0.333. The van der Waals surface area contributed by atoms with Crippen molar-refractivity contribution in [3.63, 3.8) is 0 Å². The number of carbonyl (C=O) groups is 2. The van der Waals surface area contributed by atoms with Crippen molar-refractivity contribution < 1.29 is 34.1 Å². The molecule has 0 saturated carbocycles. The number of nitrogens with zero attached hydrogens (tertiary/aromatic N) is 5. The predicted octanol–water partition coefficient (Wildman–Crippen LogP) is 3.80. The number of hydrogen-bond donors (Lipinski definition) is 3. The average molecular weight is 618 g/mol. The molecule has 3 rings (SSSR count). The van der Waals surface area contributed by atoms with E-state index in [1.165, 1.54) is 0 Å². The summed E-state index contributed by atoms with van der Waals surface area (Å²) in [6.45, 7) is 1.48. The van der Waals surface area contributed by atoms with Crippen LogP contribution < -0.4 is 11.6 Å². The molecule has 0 bridgehead atoms. The number of carboxylic acids is 1. The minimum Gasteiger partial charge on any atom is -0.476 e. The molecule has 0 aliphatic heterocycles. The highest BCUT2D eigenvalue weighted by atomic mass is 35.5. The maximum atomic E-state index is 11.9. The van der Waals surface area contributed by atoms with Crippen LogP contribution in [0.4, 0.5) is 4.79 Å². The van der Waals surface area contributed by atoms with Gasteiger partial charge < -0.3 is 29.7 Å². The molecule has 0 atom stereocenters. The number of aryl methyl sites for hydroxylation is 1. The summed E-state index contributed by atoms with van der Waals surface area (Å²) >= 11 is 6.15. The molecule has 0 saturated heterocycles. The van der Waals surface area contributed by atoms with Gasteiger partial charge in [0, 0.05) is 24.9 Å². The van der Waals surface area contributed by atoms with Gasteiger partial charge in [-0.25, -0.2) is 20.4 Å². The maximum absolute atomic E-state index is 11.9. The Balaban J connectivity index is 1.68. The molecule has 0 aliphatic carbocycles. The lowest BCUT2D eigenvalue weighted by atomic mass is 9.98. The zero-order valence-corrected chi connectivity index (χ0v) is 24.1. The lowest BCUT2D eigenvalue weighted by Crippen LogP contribution is -2.33. The molecule has 0 aliphatic rings. The minimum absolute atomic E-state index is 0.0320. The van der Waals surface area contributed by atoms with Crippen LogP contribution in [0.2, 0.25) is 5.15 Å². The van der Waals surface area contributed by atoms with Crippen LogP contribution in [0, 0.1) is 10.1 Å². The van der Waals surface area contributed by atoms with E-state index in [1.54, 1.807) is 16.7 Å². The van der Waals surface area contributed by atoms with Crippen molar-refractivity contribution >= 4 is 29.6 Å². The summed E-state index contributed by atoms with van der Waals surface area (Å²) in [5, 5.41) is 23.7. The van der Waals surface area contributed by atoms with E-state index in [4.69, 9.17) is 32.7 Å². The van der Waals surface area contributed by atoms with Crippen molar-refractivity contribution in [2.45, 2.75) is 39.2 Å². The number of carbonyl (C=O) groups excluding carboxylic acids is 1. The van der Waals surface area contributed by atoms with Gasteiger partial charge in [0.15, 0.2) is 23.4 Å². The van der Waals surface area contributed by atoms with Crippen LogP contribution in [0.3, 0.4) is 0 Å². The number of aromatic carboxylic acids is 1. The lowest BCUT2D eigenvalue weighted by molar-refractivity contribution is -0.757. The number of carboxylic acid groups (broad SMARTS) is 1. The van der Waals surface area contributed by atoms with Crippen molar-refractivity contribution in [2.75, 3.05) is 19.9 Å². The molecule has 230 valence electrons. The van der Waals surface area contributed by atoms with E-state index in [0.29, 0.717) is 17.8 Å². The van der Waals surface area contributed by atoms with Crippen molar-refractivity contribution in [2.24, 2.45) is 16.7 Å². The number of rotatable bonds is 16. The molecular weight excluding hydrogens is 586 g/mol. The fourth-order valence-electron chi connectivity index (χ4n) is 4.03. The average Bonchev–Trinajstić information content (AvgIpc) is 3.29. The van der Waals surface area contributed by atoms with Crippen LogP contribution in [0.1, 0.15) is 53.6 Å². The Morgan fingerprint density at radius 1 is 1.14 bits per heavy atom. The third-order valence-corrected chi connectivity index (χ3v) is 6.29. The van der Waals surface area contributed by atoms with Crippen molar-refractivity contribution in [1.29, 1.82) is 0 Å². The Morgan fingerprint density at radius 3 is 2.53 bits per heavy atom. The van der Waals surface area contributed by atoms with Crippen LogP contribution in [0.15, 0.2) is 53.6 Å². The summed E-state index contributed by atoms with van der Waals surface area (Å²) in [7, 11) is 0. The first kappa shape index (κ1) is 32.6. The maximum Gasteiger partial charge on any atom is 0.510 e. The van der Waals surface area contributed by atoms with Crippen LogP contribution in [-0.2, 0) is 27.3 Å². The molecule has 43 heavy (non-hydrogen) atoms. The Bertz CT molecular complexity index is 1450. The first-order chi connectivity index (χ1) is 20.6. The molecule has 0 amide bonds. The Labute approximate surface area is 251 Å². The third-order valence-electron chi connectivity index (χ3n) is 6.03. The number of unbranched alkanes of at least 4 members (excludes halogenated alkanes) is 1. The SMILES string of the molecule is CCCCc1nc(Cl)c(C(=O)O)n1Cc1ccc(-c2ccccc2/C(N)=N/N(N)COC(=O)OCCCO[N+](=O)[O-])cc1. The van der Waals surface area contributed by atoms with Gasteiger partial charge in [-0.3, -0.25) is 0 Å². The van der Waals surface area contributed by atoms with E-state index < -0.39 is 23.9 Å². The lowest BCUT2D eigenvalue weighted by Gasteiger charge is -2.15. The molecule has 0 radical (unpaired) electrons. The molecule has 3 aromatic rings. The van der Waals surface area contributed by atoms with E-state index in [2.05, 4.69) is 14.9 Å². The van der Waals surface area contributed by atoms with Crippen LogP contribution >= 0.6 is 11.6 Å². The highest BCUT2D eigenvalue weighted by Gasteiger charge is 2.21. The van der Waals surface area contributed by atoms with Crippen LogP contribution in [0.5, 0.6) is 0 Å².